The fourth-order valence-corrected chi connectivity index (χ4v) is 3.48. The van der Waals surface area contributed by atoms with Gasteiger partial charge in [0.15, 0.2) is 0 Å². The third kappa shape index (κ3) is 4.19. The number of hydrogen-bond acceptors (Lipinski definition) is 3. The van der Waals surface area contributed by atoms with E-state index in [9.17, 15) is 0 Å². The second kappa shape index (κ2) is 8.35. The van der Waals surface area contributed by atoms with Crippen molar-refractivity contribution in [1.82, 2.24) is 4.90 Å². The molecule has 0 aromatic rings. The van der Waals surface area contributed by atoms with Gasteiger partial charge in [-0.1, -0.05) is 47.5 Å². The first kappa shape index (κ1) is 17.9. The van der Waals surface area contributed by atoms with E-state index in [0.29, 0.717) is 12.0 Å². The van der Waals surface area contributed by atoms with Crippen LogP contribution in [0.5, 0.6) is 0 Å². The molecular formula is C17H36N2O. The van der Waals surface area contributed by atoms with E-state index < -0.39 is 0 Å². The van der Waals surface area contributed by atoms with Crippen LogP contribution >= 0.6 is 0 Å². The normalized spacial score (nSPS) is 27.8. The molecule has 1 aliphatic rings. The van der Waals surface area contributed by atoms with Crippen molar-refractivity contribution in [3.63, 3.8) is 0 Å². The zero-order valence-electron chi connectivity index (χ0n) is 14.3. The maximum atomic E-state index is 6.24. The zero-order valence-corrected chi connectivity index (χ0v) is 14.3. The van der Waals surface area contributed by atoms with Crippen molar-refractivity contribution in [2.45, 2.75) is 71.9 Å². The van der Waals surface area contributed by atoms with Crippen molar-refractivity contribution in [3.05, 3.63) is 0 Å². The highest BCUT2D eigenvalue weighted by Crippen LogP contribution is 2.34. The average molecular weight is 284 g/mol. The molecule has 20 heavy (non-hydrogen) atoms. The van der Waals surface area contributed by atoms with Crippen LogP contribution in [0.3, 0.4) is 0 Å². The molecule has 0 amide bonds. The minimum absolute atomic E-state index is 0.157. The Labute approximate surface area is 126 Å². The van der Waals surface area contributed by atoms with Gasteiger partial charge < -0.3 is 10.5 Å². The molecule has 1 rings (SSSR count). The van der Waals surface area contributed by atoms with Crippen LogP contribution in [0.4, 0.5) is 0 Å². The van der Waals surface area contributed by atoms with Crippen LogP contribution in [0, 0.1) is 11.8 Å². The lowest BCUT2D eigenvalue weighted by Gasteiger charge is -2.49. The molecule has 120 valence electrons. The molecule has 1 heterocycles. The second-order valence-electron chi connectivity index (χ2n) is 6.76. The maximum Gasteiger partial charge on any atom is 0.0616 e. The van der Waals surface area contributed by atoms with Crippen LogP contribution in [0.15, 0.2) is 0 Å². The highest BCUT2D eigenvalue weighted by Gasteiger charge is 2.41. The lowest BCUT2D eigenvalue weighted by atomic mass is 9.81. The Hall–Kier alpha value is -0.120. The lowest BCUT2D eigenvalue weighted by Crippen LogP contribution is -2.60. The lowest BCUT2D eigenvalue weighted by molar-refractivity contribution is -0.0896. The summed E-state index contributed by atoms with van der Waals surface area (Å²) in [4.78, 5) is 2.66. The Morgan fingerprint density at radius 1 is 1.25 bits per heavy atom. The first-order valence-corrected chi connectivity index (χ1v) is 8.59. The summed E-state index contributed by atoms with van der Waals surface area (Å²) >= 11 is 0. The van der Waals surface area contributed by atoms with Gasteiger partial charge in [0.25, 0.3) is 0 Å². The predicted molar refractivity (Wildman–Crippen MR) is 86.9 cm³/mol. The topological polar surface area (TPSA) is 38.5 Å². The van der Waals surface area contributed by atoms with E-state index in [1.165, 1.54) is 19.4 Å². The van der Waals surface area contributed by atoms with Gasteiger partial charge in [-0.25, -0.2) is 0 Å². The zero-order chi connectivity index (χ0) is 15.2. The van der Waals surface area contributed by atoms with Gasteiger partial charge in [0.1, 0.15) is 0 Å². The monoisotopic (exact) mass is 284 g/mol. The van der Waals surface area contributed by atoms with Crippen molar-refractivity contribution in [2.75, 3.05) is 26.2 Å². The molecule has 2 unspecified atom stereocenters. The molecule has 2 atom stereocenters. The Bertz CT molecular complexity index is 266. The van der Waals surface area contributed by atoms with E-state index in [4.69, 9.17) is 10.5 Å². The summed E-state index contributed by atoms with van der Waals surface area (Å²) in [6.07, 6.45) is 5.06. The molecule has 1 aliphatic heterocycles. The van der Waals surface area contributed by atoms with Crippen LogP contribution < -0.4 is 5.73 Å². The molecule has 1 fully saturated rings. The Morgan fingerprint density at radius 3 is 2.35 bits per heavy atom. The molecule has 3 heteroatoms. The van der Waals surface area contributed by atoms with E-state index in [1.807, 2.05) is 0 Å². The van der Waals surface area contributed by atoms with E-state index in [-0.39, 0.29) is 5.54 Å². The van der Waals surface area contributed by atoms with Gasteiger partial charge in [0.2, 0.25) is 0 Å². The van der Waals surface area contributed by atoms with Crippen molar-refractivity contribution in [3.8, 4) is 0 Å². The first-order valence-electron chi connectivity index (χ1n) is 8.59. The van der Waals surface area contributed by atoms with E-state index in [1.54, 1.807) is 0 Å². The van der Waals surface area contributed by atoms with Gasteiger partial charge in [-0.2, -0.15) is 0 Å². The van der Waals surface area contributed by atoms with Crippen molar-refractivity contribution in [2.24, 2.45) is 17.6 Å². The van der Waals surface area contributed by atoms with Gasteiger partial charge in [-0.05, 0) is 31.2 Å². The summed E-state index contributed by atoms with van der Waals surface area (Å²) in [5.41, 5.74) is 6.40. The Morgan fingerprint density at radius 2 is 1.90 bits per heavy atom. The van der Waals surface area contributed by atoms with Crippen LogP contribution in [0.2, 0.25) is 0 Å². The summed E-state index contributed by atoms with van der Waals surface area (Å²) in [5.74, 6) is 1.37. The van der Waals surface area contributed by atoms with Crippen molar-refractivity contribution < 1.29 is 4.74 Å². The minimum atomic E-state index is 0.157. The standard InChI is InChI=1S/C17H36N2O/c1-6-15(7-2)12-19(8-3)17(13-18)9-10-20-16(11-17)14(4)5/h14-16H,6-13,18H2,1-5H3. The maximum absolute atomic E-state index is 6.24. The summed E-state index contributed by atoms with van der Waals surface area (Å²) in [5, 5.41) is 0. The number of nitrogens with two attached hydrogens (primary N) is 1. The molecule has 0 aromatic carbocycles. The minimum Gasteiger partial charge on any atom is -0.378 e. The van der Waals surface area contributed by atoms with E-state index in [2.05, 4.69) is 39.5 Å². The predicted octanol–water partition coefficient (Wildman–Crippen LogP) is 3.28. The number of rotatable bonds is 8. The molecule has 0 bridgehead atoms. The van der Waals surface area contributed by atoms with E-state index >= 15 is 0 Å². The summed E-state index contributed by atoms with van der Waals surface area (Å²) in [6.45, 7) is 15.3. The molecule has 1 saturated heterocycles. The average Bonchev–Trinajstić information content (AvgIpc) is 2.48. The summed E-state index contributed by atoms with van der Waals surface area (Å²) in [7, 11) is 0. The van der Waals surface area contributed by atoms with Gasteiger partial charge in [0.05, 0.1) is 6.10 Å². The third-order valence-corrected chi connectivity index (χ3v) is 5.29. The van der Waals surface area contributed by atoms with Gasteiger partial charge in [0, 0.05) is 25.2 Å². The van der Waals surface area contributed by atoms with Crippen LogP contribution in [0.1, 0.15) is 60.3 Å². The van der Waals surface area contributed by atoms with Crippen LogP contribution in [-0.2, 0) is 4.74 Å². The van der Waals surface area contributed by atoms with E-state index in [0.717, 1.165) is 38.5 Å². The fraction of sp³-hybridized carbons (Fsp3) is 1.00. The number of ether oxygens (including phenoxy) is 1. The van der Waals surface area contributed by atoms with Crippen molar-refractivity contribution in [1.29, 1.82) is 0 Å². The molecule has 2 N–H and O–H groups in total. The van der Waals surface area contributed by atoms with Gasteiger partial charge in [-0.3, -0.25) is 4.90 Å². The molecular weight excluding hydrogens is 248 g/mol. The van der Waals surface area contributed by atoms with Gasteiger partial charge >= 0.3 is 0 Å². The van der Waals surface area contributed by atoms with Gasteiger partial charge in [-0.15, -0.1) is 0 Å². The quantitative estimate of drug-likeness (QED) is 0.743. The number of nitrogens with zero attached hydrogens (tertiary/aromatic N) is 1. The molecule has 0 aliphatic carbocycles. The summed E-state index contributed by atoms with van der Waals surface area (Å²) in [6, 6.07) is 0. The number of hydrogen-bond donors (Lipinski definition) is 1. The third-order valence-electron chi connectivity index (χ3n) is 5.29. The Balaban J connectivity index is 2.82. The Kier molecular flexibility index (Phi) is 7.49. The highest BCUT2D eigenvalue weighted by atomic mass is 16.5. The molecule has 0 saturated carbocycles. The van der Waals surface area contributed by atoms with Crippen LogP contribution in [0.25, 0.3) is 0 Å². The molecule has 3 nitrogen and oxygen atoms in total. The molecule has 0 aromatic heterocycles. The smallest absolute Gasteiger partial charge is 0.0616 e. The summed E-state index contributed by atoms with van der Waals surface area (Å²) < 4.78 is 5.97. The first-order chi connectivity index (χ1) is 9.52. The second-order valence-corrected chi connectivity index (χ2v) is 6.76. The van der Waals surface area contributed by atoms with Crippen LogP contribution in [-0.4, -0.2) is 42.8 Å². The SMILES string of the molecule is CCC(CC)CN(CC)C1(CN)CCOC(C(C)C)C1. The molecule has 0 spiro atoms. The molecule has 0 radical (unpaired) electrons. The highest BCUT2D eigenvalue weighted by molar-refractivity contribution is 4.97. The van der Waals surface area contributed by atoms with Crippen molar-refractivity contribution >= 4 is 0 Å². The number of likely N-dealkylation sites (N-methyl/N-ethyl adjacent to an activating group) is 1. The largest absolute Gasteiger partial charge is 0.378 e. The fourth-order valence-electron chi connectivity index (χ4n) is 3.48.